The van der Waals surface area contributed by atoms with Crippen LogP contribution in [0.15, 0.2) is 18.2 Å². The minimum atomic E-state index is -0.458. The van der Waals surface area contributed by atoms with Gasteiger partial charge in [0.1, 0.15) is 12.4 Å². The van der Waals surface area contributed by atoms with Gasteiger partial charge in [-0.25, -0.2) is 4.79 Å². The van der Waals surface area contributed by atoms with Crippen LogP contribution in [0.3, 0.4) is 0 Å². The van der Waals surface area contributed by atoms with Crippen molar-refractivity contribution >= 4 is 29.0 Å². The molecule has 7 heteroatoms. The number of carbonyl (C=O) groups is 1. The topological polar surface area (TPSA) is 67.8 Å². The van der Waals surface area contributed by atoms with Gasteiger partial charge in [0, 0.05) is 17.0 Å². The van der Waals surface area contributed by atoms with Crippen molar-refractivity contribution in [1.82, 2.24) is 5.32 Å². The predicted octanol–water partition coefficient (Wildman–Crippen LogP) is 4.67. The van der Waals surface area contributed by atoms with Crippen molar-refractivity contribution < 1.29 is 19.4 Å². The number of hydrogen-bond acceptors (Lipinski definition) is 5. The minimum absolute atomic E-state index is 0.0731. The average Bonchev–Trinajstić information content (AvgIpc) is 2.97. The number of ether oxygens (including phenoxy) is 2. The molecular weight excluding hydrogens is 398 g/mol. The molecule has 2 N–H and O–H groups in total. The average molecular weight is 422 g/mol. The molecule has 2 atom stereocenters. The summed E-state index contributed by atoms with van der Waals surface area (Å²) in [7, 11) is 0. The Kier molecular flexibility index (Phi) is 5.06. The van der Waals surface area contributed by atoms with Crippen LogP contribution in [-0.2, 0) is 13.0 Å². The highest BCUT2D eigenvalue weighted by Gasteiger charge is 2.63. The Bertz CT molecular complexity index is 923. The van der Waals surface area contributed by atoms with Crippen LogP contribution < -0.4 is 14.8 Å². The highest BCUT2D eigenvalue weighted by molar-refractivity contribution is 7.14. The molecule has 0 unspecified atom stereocenters. The van der Waals surface area contributed by atoms with Crippen LogP contribution in [0.5, 0.6) is 10.8 Å². The Hall–Kier alpha value is -1.76. The van der Waals surface area contributed by atoms with Crippen LogP contribution in [0.4, 0.5) is 4.79 Å². The van der Waals surface area contributed by atoms with Gasteiger partial charge in [-0.05, 0) is 53.9 Å². The van der Waals surface area contributed by atoms with E-state index >= 15 is 0 Å². The summed E-state index contributed by atoms with van der Waals surface area (Å²) in [4.78, 5) is 13.6. The lowest BCUT2D eigenvalue weighted by atomic mass is 9.96. The fourth-order valence-electron chi connectivity index (χ4n) is 4.40. The van der Waals surface area contributed by atoms with Crippen LogP contribution in [0.1, 0.15) is 41.3 Å². The van der Waals surface area contributed by atoms with E-state index in [1.54, 1.807) is 23.5 Å². The molecule has 5 nitrogen and oxygen atoms in total. The molecule has 1 heterocycles. The fraction of sp³-hybridized carbons (Fsp3) is 0.476. The lowest BCUT2D eigenvalue weighted by molar-refractivity contribution is 0.200. The summed E-state index contributed by atoms with van der Waals surface area (Å²) in [6.45, 7) is 7.18. The summed E-state index contributed by atoms with van der Waals surface area (Å²) >= 11 is 7.74. The molecule has 1 aromatic heterocycles. The Morgan fingerprint density at radius 2 is 2.21 bits per heavy atom. The monoisotopic (exact) mass is 421 g/mol. The van der Waals surface area contributed by atoms with Crippen LogP contribution in [0, 0.1) is 18.3 Å². The Morgan fingerprint density at radius 1 is 1.43 bits per heavy atom. The van der Waals surface area contributed by atoms with Crippen molar-refractivity contribution in [1.29, 1.82) is 0 Å². The smallest absolute Gasteiger partial charge is 0.413 e. The first-order valence-electron chi connectivity index (χ1n) is 9.42. The largest absolute Gasteiger partial charge is 0.490 e. The third-order valence-corrected chi connectivity index (χ3v) is 7.29. The molecule has 4 rings (SSSR count). The SMILES string of the molecule is Cc1sc(OC(=O)NCc2ccc(OCCO)c(Cl)c2)c2c1[C@H]1[C@@H](C2)C1(C)C. The number of thiophene rings is 1. The normalized spacial score (nSPS) is 21.0. The molecule has 0 aliphatic heterocycles. The highest BCUT2D eigenvalue weighted by atomic mass is 35.5. The first kappa shape index (κ1) is 19.6. The molecule has 2 aliphatic rings. The molecule has 28 heavy (non-hydrogen) atoms. The number of aryl methyl sites for hydroxylation is 1. The molecule has 0 bridgehead atoms. The first-order valence-corrected chi connectivity index (χ1v) is 10.6. The van der Waals surface area contributed by atoms with Crippen molar-refractivity contribution in [3.63, 3.8) is 0 Å². The van der Waals surface area contributed by atoms with Gasteiger partial charge in [-0.2, -0.15) is 0 Å². The fourth-order valence-corrected chi connectivity index (χ4v) is 5.73. The number of hydrogen-bond donors (Lipinski definition) is 2. The Balaban J connectivity index is 1.36. The molecule has 2 aliphatic carbocycles. The second kappa shape index (κ2) is 7.25. The van der Waals surface area contributed by atoms with Gasteiger partial charge in [0.2, 0.25) is 0 Å². The maximum atomic E-state index is 12.3. The molecular formula is C21H24ClNO4S. The van der Waals surface area contributed by atoms with Crippen molar-refractivity contribution in [3.8, 4) is 10.8 Å². The molecule has 1 saturated carbocycles. The third-order valence-electron chi connectivity index (χ3n) is 5.95. The zero-order valence-electron chi connectivity index (χ0n) is 16.2. The molecule has 0 spiro atoms. The van der Waals surface area contributed by atoms with Crippen molar-refractivity contribution in [2.24, 2.45) is 11.3 Å². The van der Waals surface area contributed by atoms with E-state index in [0.29, 0.717) is 34.6 Å². The Labute approximate surface area is 173 Å². The lowest BCUT2D eigenvalue weighted by Gasteiger charge is -2.11. The number of aliphatic hydroxyl groups is 1. The number of aliphatic hydroxyl groups excluding tert-OH is 1. The molecule has 1 amide bonds. The summed E-state index contributed by atoms with van der Waals surface area (Å²) in [6.07, 6.45) is 0.547. The van der Waals surface area contributed by atoms with Crippen LogP contribution in [0.2, 0.25) is 5.02 Å². The second-order valence-electron chi connectivity index (χ2n) is 8.03. The van der Waals surface area contributed by atoms with Crippen LogP contribution >= 0.6 is 22.9 Å². The Morgan fingerprint density at radius 3 is 2.93 bits per heavy atom. The minimum Gasteiger partial charge on any atom is -0.490 e. The van der Waals surface area contributed by atoms with E-state index in [2.05, 4.69) is 26.1 Å². The molecule has 150 valence electrons. The van der Waals surface area contributed by atoms with Crippen molar-refractivity contribution in [2.45, 2.75) is 39.7 Å². The zero-order chi connectivity index (χ0) is 20.1. The van der Waals surface area contributed by atoms with Gasteiger partial charge in [-0.1, -0.05) is 31.5 Å². The lowest BCUT2D eigenvalue weighted by Crippen LogP contribution is -2.26. The van der Waals surface area contributed by atoms with E-state index in [4.69, 9.17) is 26.2 Å². The van der Waals surface area contributed by atoms with E-state index in [-0.39, 0.29) is 13.2 Å². The summed E-state index contributed by atoms with van der Waals surface area (Å²) < 4.78 is 11.0. The first-order chi connectivity index (χ1) is 13.3. The summed E-state index contributed by atoms with van der Waals surface area (Å²) in [5, 5.41) is 12.8. The maximum absolute atomic E-state index is 12.3. The highest BCUT2D eigenvalue weighted by Crippen LogP contribution is 2.72. The second-order valence-corrected chi connectivity index (χ2v) is 9.62. The van der Waals surface area contributed by atoms with Crippen LogP contribution in [0.25, 0.3) is 0 Å². The summed E-state index contributed by atoms with van der Waals surface area (Å²) in [5.41, 5.74) is 3.85. The summed E-state index contributed by atoms with van der Waals surface area (Å²) in [6, 6.07) is 5.28. The number of halogens is 1. The van der Waals surface area contributed by atoms with Crippen LogP contribution in [-0.4, -0.2) is 24.4 Å². The van der Waals surface area contributed by atoms with E-state index in [0.717, 1.165) is 17.0 Å². The molecule has 0 radical (unpaired) electrons. The van der Waals surface area contributed by atoms with Gasteiger partial charge in [-0.3, -0.25) is 0 Å². The van der Waals surface area contributed by atoms with Gasteiger partial charge >= 0.3 is 6.09 Å². The number of nitrogens with one attached hydrogen (secondary N) is 1. The van der Waals surface area contributed by atoms with E-state index in [1.165, 1.54) is 16.0 Å². The number of amides is 1. The number of fused-ring (bicyclic) bond motifs is 3. The van der Waals surface area contributed by atoms with Gasteiger partial charge < -0.3 is 19.9 Å². The van der Waals surface area contributed by atoms with Gasteiger partial charge in [-0.15, -0.1) is 11.3 Å². The quantitative estimate of drug-likeness (QED) is 0.711. The van der Waals surface area contributed by atoms with E-state index in [9.17, 15) is 4.79 Å². The van der Waals surface area contributed by atoms with Gasteiger partial charge in [0.25, 0.3) is 0 Å². The molecule has 1 fully saturated rings. The predicted molar refractivity (Wildman–Crippen MR) is 110 cm³/mol. The molecule has 1 aromatic carbocycles. The van der Waals surface area contributed by atoms with E-state index in [1.807, 2.05) is 6.07 Å². The summed E-state index contributed by atoms with van der Waals surface area (Å²) in [5.74, 6) is 1.81. The standard InChI is InChI=1S/C21H24ClNO4S/c1-11-17-13(9-14-18(17)21(14,2)3)19(28-11)27-20(25)23-10-12-4-5-16(15(22)8-12)26-7-6-24/h4-5,8,14,18,24H,6-7,9-10H2,1-3H3,(H,23,25)/t14-,18-/m1/s1. The van der Waals surface area contributed by atoms with E-state index < -0.39 is 6.09 Å². The van der Waals surface area contributed by atoms with Gasteiger partial charge in [0.15, 0.2) is 5.06 Å². The third kappa shape index (κ3) is 3.38. The molecule has 2 aromatic rings. The number of carbonyl (C=O) groups excluding carboxylic acids is 1. The number of rotatable bonds is 6. The van der Waals surface area contributed by atoms with Crippen molar-refractivity contribution in [3.05, 3.63) is 44.8 Å². The molecule has 0 saturated heterocycles. The maximum Gasteiger partial charge on any atom is 0.413 e. The van der Waals surface area contributed by atoms with Crippen molar-refractivity contribution in [2.75, 3.05) is 13.2 Å². The zero-order valence-corrected chi connectivity index (χ0v) is 17.7. The van der Waals surface area contributed by atoms with Gasteiger partial charge in [0.05, 0.1) is 11.6 Å². The number of benzene rings is 1.